The van der Waals surface area contributed by atoms with E-state index in [0.29, 0.717) is 6.04 Å². The van der Waals surface area contributed by atoms with Gasteiger partial charge in [0.25, 0.3) is 0 Å². The molecule has 0 aromatic carbocycles. The Bertz CT molecular complexity index is 583. The standard InChI is InChI=1S/C16H17N3/c1-2-5-15(6-3-1)19-10-4-7-16(19)9-8-14-11-17-13-18-12-14/h4,7,10-13,15H,1-3,5-6H2. The Labute approximate surface area is 113 Å². The van der Waals surface area contributed by atoms with Gasteiger partial charge in [-0.05, 0) is 30.9 Å². The molecular formula is C16H17N3. The number of aromatic nitrogens is 3. The molecule has 19 heavy (non-hydrogen) atoms. The van der Waals surface area contributed by atoms with Crippen molar-refractivity contribution in [2.45, 2.75) is 38.1 Å². The van der Waals surface area contributed by atoms with Gasteiger partial charge in [-0.1, -0.05) is 25.2 Å². The highest BCUT2D eigenvalue weighted by molar-refractivity contribution is 5.38. The van der Waals surface area contributed by atoms with Crippen molar-refractivity contribution in [2.24, 2.45) is 0 Å². The average molecular weight is 251 g/mol. The molecule has 0 bridgehead atoms. The van der Waals surface area contributed by atoms with E-state index in [4.69, 9.17) is 0 Å². The molecule has 3 rings (SSSR count). The average Bonchev–Trinajstić information content (AvgIpc) is 2.95. The van der Waals surface area contributed by atoms with Gasteiger partial charge in [-0.3, -0.25) is 0 Å². The summed E-state index contributed by atoms with van der Waals surface area (Å²) in [6.07, 6.45) is 13.8. The van der Waals surface area contributed by atoms with Crippen LogP contribution < -0.4 is 0 Å². The van der Waals surface area contributed by atoms with Gasteiger partial charge in [-0.25, -0.2) is 9.97 Å². The highest BCUT2D eigenvalue weighted by Gasteiger charge is 2.15. The summed E-state index contributed by atoms with van der Waals surface area (Å²) in [4.78, 5) is 7.95. The van der Waals surface area contributed by atoms with Crippen molar-refractivity contribution in [3.63, 3.8) is 0 Å². The minimum absolute atomic E-state index is 0.625. The molecule has 3 nitrogen and oxygen atoms in total. The van der Waals surface area contributed by atoms with Crippen molar-refractivity contribution in [3.8, 4) is 11.8 Å². The van der Waals surface area contributed by atoms with E-state index in [1.54, 1.807) is 12.4 Å². The Kier molecular flexibility index (Phi) is 3.60. The third-order valence-electron chi connectivity index (χ3n) is 3.64. The molecule has 1 fully saturated rings. The van der Waals surface area contributed by atoms with Crippen LogP contribution in [0.5, 0.6) is 0 Å². The summed E-state index contributed by atoms with van der Waals surface area (Å²) in [5.74, 6) is 6.37. The van der Waals surface area contributed by atoms with E-state index < -0.39 is 0 Å². The van der Waals surface area contributed by atoms with Crippen molar-refractivity contribution < 1.29 is 0 Å². The predicted molar refractivity (Wildman–Crippen MR) is 74.6 cm³/mol. The number of rotatable bonds is 1. The van der Waals surface area contributed by atoms with Gasteiger partial charge < -0.3 is 4.57 Å². The monoisotopic (exact) mass is 251 g/mol. The predicted octanol–water partition coefficient (Wildman–Crippen LogP) is 3.18. The van der Waals surface area contributed by atoms with Crippen LogP contribution in [0.1, 0.15) is 49.4 Å². The Balaban J connectivity index is 1.82. The first-order valence-corrected chi connectivity index (χ1v) is 6.87. The minimum Gasteiger partial charge on any atom is -0.338 e. The molecule has 0 unspecified atom stereocenters. The van der Waals surface area contributed by atoms with Crippen LogP contribution in [0.15, 0.2) is 37.1 Å². The molecule has 1 aliphatic carbocycles. The van der Waals surface area contributed by atoms with Crippen molar-refractivity contribution in [1.29, 1.82) is 0 Å². The Morgan fingerprint density at radius 1 is 1.05 bits per heavy atom. The summed E-state index contributed by atoms with van der Waals surface area (Å²) in [7, 11) is 0. The van der Waals surface area contributed by atoms with E-state index in [1.165, 1.54) is 38.4 Å². The smallest absolute Gasteiger partial charge is 0.115 e. The second-order valence-corrected chi connectivity index (χ2v) is 4.97. The van der Waals surface area contributed by atoms with Crippen molar-refractivity contribution >= 4 is 0 Å². The molecule has 0 spiro atoms. The van der Waals surface area contributed by atoms with Crippen LogP contribution in [-0.4, -0.2) is 14.5 Å². The zero-order valence-corrected chi connectivity index (χ0v) is 10.9. The normalized spacial score (nSPS) is 15.8. The Morgan fingerprint density at radius 2 is 1.84 bits per heavy atom. The van der Waals surface area contributed by atoms with Gasteiger partial charge in [0, 0.05) is 24.6 Å². The van der Waals surface area contributed by atoms with E-state index in [2.05, 4.69) is 44.7 Å². The third kappa shape index (κ3) is 2.85. The van der Waals surface area contributed by atoms with Gasteiger partial charge in [0.2, 0.25) is 0 Å². The van der Waals surface area contributed by atoms with E-state index in [-0.39, 0.29) is 0 Å². The van der Waals surface area contributed by atoms with Gasteiger partial charge in [-0.15, -0.1) is 0 Å². The van der Waals surface area contributed by atoms with Crippen LogP contribution in [0.2, 0.25) is 0 Å². The Hall–Kier alpha value is -2.08. The van der Waals surface area contributed by atoms with Gasteiger partial charge in [-0.2, -0.15) is 0 Å². The summed E-state index contributed by atoms with van der Waals surface area (Å²) >= 11 is 0. The fourth-order valence-electron chi connectivity index (χ4n) is 2.68. The SMILES string of the molecule is C(#Cc1cccn1C1CCCCC1)c1cncnc1. The molecule has 0 aliphatic heterocycles. The van der Waals surface area contributed by atoms with Gasteiger partial charge >= 0.3 is 0 Å². The minimum atomic E-state index is 0.625. The van der Waals surface area contributed by atoms with Crippen LogP contribution in [0.3, 0.4) is 0 Å². The van der Waals surface area contributed by atoms with Crippen LogP contribution in [0, 0.1) is 11.8 Å². The molecule has 0 saturated heterocycles. The zero-order valence-electron chi connectivity index (χ0n) is 10.9. The first-order chi connectivity index (χ1) is 9.43. The molecule has 0 amide bonds. The van der Waals surface area contributed by atoms with Crippen LogP contribution in [0.25, 0.3) is 0 Å². The van der Waals surface area contributed by atoms with E-state index >= 15 is 0 Å². The van der Waals surface area contributed by atoms with Crippen LogP contribution in [-0.2, 0) is 0 Å². The highest BCUT2D eigenvalue weighted by Crippen LogP contribution is 2.29. The van der Waals surface area contributed by atoms with E-state index in [0.717, 1.165) is 11.3 Å². The Morgan fingerprint density at radius 3 is 2.63 bits per heavy atom. The third-order valence-corrected chi connectivity index (χ3v) is 3.64. The zero-order chi connectivity index (χ0) is 12.9. The highest BCUT2D eigenvalue weighted by atomic mass is 15.0. The molecule has 1 saturated carbocycles. The van der Waals surface area contributed by atoms with E-state index in [9.17, 15) is 0 Å². The summed E-state index contributed by atoms with van der Waals surface area (Å²) < 4.78 is 2.33. The maximum absolute atomic E-state index is 3.98. The maximum atomic E-state index is 3.98. The second-order valence-electron chi connectivity index (χ2n) is 4.97. The summed E-state index contributed by atoms with van der Waals surface area (Å²) in [5.41, 5.74) is 1.95. The van der Waals surface area contributed by atoms with Gasteiger partial charge in [0.15, 0.2) is 0 Å². The number of hydrogen-bond donors (Lipinski definition) is 0. The van der Waals surface area contributed by atoms with Crippen molar-refractivity contribution in [3.05, 3.63) is 48.3 Å². The van der Waals surface area contributed by atoms with Gasteiger partial charge in [0.05, 0.1) is 11.3 Å². The summed E-state index contributed by atoms with van der Waals surface area (Å²) in [6, 6.07) is 4.80. The number of hydrogen-bond acceptors (Lipinski definition) is 2. The topological polar surface area (TPSA) is 30.7 Å². The molecule has 2 heterocycles. The second kappa shape index (κ2) is 5.71. The van der Waals surface area contributed by atoms with E-state index in [1.807, 2.05) is 0 Å². The quantitative estimate of drug-likeness (QED) is 0.729. The van der Waals surface area contributed by atoms with Crippen LogP contribution >= 0.6 is 0 Å². The molecule has 2 aromatic rings. The first-order valence-electron chi connectivity index (χ1n) is 6.87. The summed E-state index contributed by atoms with van der Waals surface area (Å²) in [5, 5.41) is 0. The van der Waals surface area contributed by atoms with Crippen molar-refractivity contribution in [1.82, 2.24) is 14.5 Å². The largest absolute Gasteiger partial charge is 0.338 e. The molecule has 0 N–H and O–H groups in total. The lowest BCUT2D eigenvalue weighted by Gasteiger charge is -2.24. The lowest BCUT2D eigenvalue weighted by molar-refractivity contribution is 0.352. The molecule has 0 radical (unpaired) electrons. The maximum Gasteiger partial charge on any atom is 0.115 e. The first kappa shape index (κ1) is 12.0. The fourth-order valence-corrected chi connectivity index (χ4v) is 2.68. The number of nitrogens with zero attached hydrogens (tertiary/aromatic N) is 3. The molecule has 3 heteroatoms. The molecule has 0 atom stereocenters. The molecule has 2 aromatic heterocycles. The summed E-state index contributed by atoms with van der Waals surface area (Å²) in [6.45, 7) is 0. The molecular weight excluding hydrogens is 234 g/mol. The fraction of sp³-hybridized carbons (Fsp3) is 0.375. The molecule has 96 valence electrons. The lowest BCUT2D eigenvalue weighted by Crippen LogP contribution is -2.13. The van der Waals surface area contributed by atoms with Crippen molar-refractivity contribution in [2.75, 3.05) is 0 Å². The van der Waals surface area contributed by atoms with Gasteiger partial charge in [0.1, 0.15) is 6.33 Å². The molecule has 1 aliphatic rings. The van der Waals surface area contributed by atoms with Crippen LogP contribution in [0.4, 0.5) is 0 Å². The lowest BCUT2D eigenvalue weighted by atomic mass is 9.95.